The number of carboxylic acid groups (broad SMARTS) is 1. The zero-order valence-corrected chi connectivity index (χ0v) is 21.9. The van der Waals surface area contributed by atoms with Crippen molar-refractivity contribution in [3.8, 4) is 0 Å². The molecule has 10 nitrogen and oxygen atoms in total. The van der Waals surface area contributed by atoms with Crippen molar-refractivity contribution in [2.75, 3.05) is 24.5 Å². The first-order valence-electron chi connectivity index (χ1n) is 12.7. The Kier molecular flexibility index (Phi) is 9.59. The van der Waals surface area contributed by atoms with E-state index in [1.807, 2.05) is 19.1 Å². The maximum absolute atomic E-state index is 13.6. The molecule has 0 aliphatic carbocycles. The van der Waals surface area contributed by atoms with Crippen molar-refractivity contribution in [3.05, 3.63) is 64.2 Å². The Morgan fingerprint density at radius 1 is 1.00 bits per heavy atom. The highest BCUT2D eigenvalue weighted by Crippen LogP contribution is 2.30. The van der Waals surface area contributed by atoms with Crippen molar-refractivity contribution in [1.82, 2.24) is 4.90 Å². The molecule has 5 N–H and O–H groups in total. The lowest BCUT2D eigenvalue weighted by atomic mass is 10.0. The van der Waals surface area contributed by atoms with E-state index < -0.39 is 23.7 Å². The third-order valence-corrected chi connectivity index (χ3v) is 6.47. The van der Waals surface area contributed by atoms with E-state index in [1.165, 1.54) is 4.90 Å². The van der Waals surface area contributed by atoms with E-state index in [4.69, 9.17) is 16.6 Å². The van der Waals surface area contributed by atoms with Crippen LogP contribution in [0.1, 0.15) is 69.5 Å². The largest absolute Gasteiger partial charge is 0.481 e. The van der Waals surface area contributed by atoms with Gasteiger partial charge in [0, 0.05) is 18.7 Å². The van der Waals surface area contributed by atoms with Crippen molar-refractivity contribution in [3.63, 3.8) is 0 Å². The van der Waals surface area contributed by atoms with E-state index >= 15 is 0 Å². The molecule has 0 aromatic heterocycles. The number of guanidine groups is 1. The van der Waals surface area contributed by atoms with E-state index in [-0.39, 0.29) is 36.7 Å². The summed E-state index contributed by atoms with van der Waals surface area (Å²) >= 11 is 0. The van der Waals surface area contributed by atoms with Gasteiger partial charge in [-0.1, -0.05) is 36.6 Å². The van der Waals surface area contributed by atoms with Crippen LogP contribution in [0.5, 0.6) is 0 Å². The number of hydrogen-bond acceptors (Lipinski definition) is 5. The number of benzene rings is 2. The van der Waals surface area contributed by atoms with Gasteiger partial charge in [-0.15, -0.1) is 0 Å². The number of carbonyl (C=O) groups excluding carboxylic acids is 3. The van der Waals surface area contributed by atoms with Crippen LogP contribution in [-0.4, -0.2) is 59.3 Å². The monoisotopic (exact) mass is 521 g/mol. The Morgan fingerprint density at radius 3 is 2.42 bits per heavy atom. The molecule has 10 heteroatoms. The Hall–Kier alpha value is -4.21. The van der Waals surface area contributed by atoms with Gasteiger partial charge in [-0.05, 0) is 62.4 Å². The lowest BCUT2D eigenvalue weighted by Crippen LogP contribution is -2.43. The van der Waals surface area contributed by atoms with Crippen LogP contribution in [0.25, 0.3) is 0 Å². The van der Waals surface area contributed by atoms with Gasteiger partial charge in [0.05, 0.1) is 17.7 Å². The molecule has 0 unspecified atom stereocenters. The third-order valence-electron chi connectivity index (χ3n) is 6.47. The summed E-state index contributed by atoms with van der Waals surface area (Å²) in [6, 6.07) is 10.5. The molecule has 3 rings (SSSR count). The second kappa shape index (κ2) is 12.8. The number of aliphatic carboxylic acids is 1. The standard InChI is InChI=1S/C28H35N5O5/c1-18-8-10-21(19(2)15-18)27(38)33-23-11-9-20(7-5-3-4-6-13-31-28(29)30)16-22(23)26(37)32(17-24(33)34)14-12-25(35)36/h8-11,15-16H,3-7,12-14,17H2,1-2H3,(H,35,36)(H4,29,30,31). The Morgan fingerprint density at radius 2 is 1.74 bits per heavy atom. The number of hydrogen-bond donors (Lipinski definition) is 3. The summed E-state index contributed by atoms with van der Waals surface area (Å²) < 4.78 is 0. The minimum absolute atomic E-state index is 0.0839. The fraction of sp³-hybridized carbons (Fsp3) is 0.393. The van der Waals surface area contributed by atoms with Gasteiger partial charge in [-0.2, -0.15) is 0 Å². The molecule has 1 heterocycles. The van der Waals surface area contributed by atoms with E-state index in [9.17, 15) is 19.2 Å². The van der Waals surface area contributed by atoms with Crippen LogP contribution >= 0.6 is 0 Å². The first kappa shape index (κ1) is 28.4. The van der Waals surface area contributed by atoms with Crippen LogP contribution in [0.2, 0.25) is 0 Å². The SMILES string of the molecule is Cc1ccc(C(=O)N2C(=O)CN(CCC(=O)O)C(=O)c3cc(CCCCCCN=C(N)N)ccc32)c(C)c1. The molecule has 202 valence electrons. The molecule has 0 saturated heterocycles. The predicted molar refractivity (Wildman–Crippen MR) is 145 cm³/mol. The zero-order chi connectivity index (χ0) is 27.8. The number of anilines is 1. The summed E-state index contributed by atoms with van der Waals surface area (Å²) in [5, 5.41) is 9.14. The van der Waals surface area contributed by atoms with Gasteiger partial charge in [0.1, 0.15) is 6.54 Å². The normalized spacial score (nSPS) is 13.2. The lowest BCUT2D eigenvalue weighted by molar-refractivity contribution is -0.137. The number of carbonyl (C=O) groups is 4. The lowest BCUT2D eigenvalue weighted by Gasteiger charge is -2.22. The second-order valence-corrected chi connectivity index (χ2v) is 9.55. The van der Waals surface area contributed by atoms with E-state index in [0.717, 1.165) is 47.3 Å². The molecule has 0 fully saturated rings. The van der Waals surface area contributed by atoms with Gasteiger partial charge < -0.3 is 21.5 Å². The van der Waals surface area contributed by atoms with Gasteiger partial charge in [-0.3, -0.25) is 24.2 Å². The fourth-order valence-corrected chi connectivity index (χ4v) is 4.53. The van der Waals surface area contributed by atoms with Crippen molar-refractivity contribution in [1.29, 1.82) is 0 Å². The van der Waals surface area contributed by atoms with Crippen molar-refractivity contribution in [2.45, 2.75) is 52.4 Å². The smallest absolute Gasteiger partial charge is 0.305 e. The number of unbranched alkanes of at least 4 members (excludes halogenated alkanes) is 3. The van der Waals surface area contributed by atoms with Crippen LogP contribution in [0.3, 0.4) is 0 Å². The molecule has 1 aliphatic rings. The van der Waals surface area contributed by atoms with Crippen LogP contribution in [0.4, 0.5) is 5.69 Å². The summed E-state index contributed by atoms with van der Waals surface area (Å²) in [4.78, 5) is 57.8. The maximum Gasteiger partial charge on any atom is 0.305 e. The number of aryl methyl sites for hydroxylation is 3. The molecule has 0 radical (unpaired) electrons. The Bertz CT molecular complexity index is 1250. The van der Waals surface area contributed by atoms with Gasteiger partial charge in [0.2, 0.25) is 0 Å². The van der Waals surface area contributed by atoms with E-state index in [0.29, 0.717) is 18.5 Å². The molecule has 38 heavy (non-hydrogen) atoms. The maximum atomic E-state index is 13.6. The topological polar surface area (TPSA) is 159 Å². The van der Waals surface area contributed by atoms with Crippen LogP contribution in [-0.2, 0) is 16.0 Å². The van der Waals surface area contributed by atoms with Gasteiger partial charge in [0.25, 0.3) is 17.7 Å². The first-order chi connectivity index (χ1) is 18.1. The molecule has 2 aromatic rings. The molecule has 2 aromatic carbocycles. The number of nitrogens with two attached hydrogens (primary N) is 2. The Balaban J connectivity index is 1.88. The van der Waals surface area contributed by atoms with Gasteiger partial charge >= 0.3 is 5.97 Å². The van der Waals surface area contributed by atoms with E-state index in [2.05, 4.69) is 4.99 Å². The van der Waals surface area contributed by atoms with E-state index in [1.54, 1.807) is 31.2 Å². The Labute approximate surface area is 222 Å². The fourth-order valence-electron chi connectivity index (χ4n) is 4.53. The average Bonchev–Trinajstić information content (AvgIpc) is 2.95. The van der Waals surface area contributed by atoms with Gasteiger partial charge in [0.15, 0.2) is 5.96 Å². The first-order valence-corrected chi connectivity index (χ1v) is 12.7. The average molecular weight is 522 g/mol. The van der Waals surface area contributed by atoms with Gasteiger partial charge in [-0.25, -0.2) is 4.90 Å². The summed E-state index contributed by atoms with van der Waals surface area (Å²) in [7, 11) is 0. The van der Waals surface area contributed by atoms with Crippen molar-refractivity contribution < 1.29 is 24.3 Å². The molecular formula is C28H35N5O5. The minimum atomic E-state index is -1.08. The number of amides is 3. The molecule has 0 saturated carbocycles. The molecule has 3 amide bonds. The highest BCUT2D eigenvalue weighted by atomic mass is 16.4. The molecule has 0 atom stereocenters. The quantitative estimate of drug-likeness (QED) is 0.177. The molecule has 0 bridgehead atoms. The second-order valence-electron chi connectivity index (χ2n) is 9.55. The number of aliphatic imine (C=N–C) groups is 1. The number of fused-ring (bicyclic) bond motifs is 1. The minimum Gasteiger partial charge on any atom is -0.481 e. The molecular weight excluding hydrogens is 486 g/mol. The number of carboxylic acids is 1. The molecule has 1 aliphatic heterocycles. The van der Waals surface area contributed by atoms with Crippen LogP contribution in [0, 0.1) is 13.8 Å². The highest BCUT2D eigenvalue weighted by molar-refractivity contribution is 6.25. The summed E-state index contributed by atoms with van der Waals surface area (Å²) in [5.41, 5.74) is 14.1. The zero-order valence-electron chi connectivity index (χ0n) is 21.9. The summed E-state index contributed by atoms with van der Waals surface area (Å²) in [5.74, 6) is -2.56. The summed E-state index contributed by atoms with van der Waals surface area (Å²) in [6.45, 7) is 3.78. The highest BCUT2D eigenvalue weighted by Gasteiger charge is 2.36. The number of nitrogens with zero attached hydrogens (tertiary/aromatic N) is 3. The molecule has 0 spiro atoms. The summed E-state index contributed by atoms with van der Waals surface area (Å²) in [6.07, 6.45) is 4.05. The number of imide groups is 1. The van der Waals surface area contributed by atoms with Crippen molar-refractivity contribution >= 4 is 35.3 Å². The van der Waals surface area contributed by atoms with Crippen LogP contribution in [0.15, 0.2) is 41.4 Å². The predicted octanol–water partition coefficient (Wildman–Crippen LogP) is 2.78. The van der Waals surface area contributed by atoms with Crippen molar-refractivity contribution in [2.24, 2.45) is 16.5 Å². The third kappa shape index (κ3) is 7.18. The van der Waals surface area contributed by atoms with Crippen LogP contribution < -0.4 is 16.4 Å². The number of rotatable bonds is 11.